The van der Waals surface area contributed by atoms with E-state index in [-0.39, 0.29) is 48.1 Å². The van der Waals surface area contributed by atoms with E-state index in [2.05, 4.69) is 44.5 Å². The van der Waals surface area contributed by atoms with Crippen LogP contribution in [0.1, 0.15) is 32.8 Å². The van der Waals surface area contributed by atoms with Crippen molar-refractivity contribution >= 4 is 55.7 Å². The van der Waals surface area contributed by atoms with Crippen molar-refractivity contribution in [3.8, 4) is 11.5 Å². The third-order valence-corrected chi connectivity index (χ3v) is 7.98. The average Bonchev–Trinajstić information content (AvgIpc) is 3.00. The Kier molecular flexibility index (Phi) is 10.1. The van der Waals surface area contributed by atoms with Gasteiger partial charge in [-0.2, -0.15) is 0 Å². The predicted octanol–water partition coefficient (Wildman–Crippen LogP) is 6.70. The molecule has 12 heteroatoms. The third-order valence-electron chi connectivity index (χ3n) is 6.64. The van der Waals surface area contributed by atoms with Gasteiger partial charge in [-0.05, 0) is 47.9 Å². The average molecular weight is 629 g/mol. The van der Waals surface area contributed by atoms with E-state index in [1.807, 2.05) is 24.3 Å². The van der Waals surface area contributed by atoms with Crippen molar-refractivity contribution in [2.75, 3.05) is 34.3 Å². The Morgan fingerprint density at radius 3 is 2.27 bits per heavy atom. The number of phenols is 1. The number of para-hydroxylation sites is 3. The number of sulfonamides is 1. The first-order chi connectivity index (χ1) is 21.1. The molecule has 4 aromatic carbocycles. The lowest BCUT2D eigenvalue weighted by molar-refractivity contribution is -0.114. The van der Waals surface area contributed by atoms with Crippen molar-refractivity contribution in [1.82, 2.24) is 9.97 Å². The molecule has 11 nitrogen and oxygen atoms in total. The molecule has 1 aromatic heterocycles. The van der Waals surface area contributed by atoms with E-state index in [1.54, 1.807) is 36.4 Å². The maximum Gasteiger partial charge on any atom is 0.263 e. The molecule has 1 amide bonds. The van der Waals surface area contributed by atoms with Crippen molar-refractivity contribution in [2.24, 2.45) is 0 Å². The van der Waals surface area contributed by atoms with Gasteiger partial charge in [-0.25, -0.2) is 18.4 Å². The first-order valence-corrected chi connectivity index (χ1v) is 15.3. The normalized spacial score (nSPS) is 11.0. The smallest absolute Gasteiger partial charge is 0.263 e. The second kappa shape index (κ2) is 14.0. The second-order valence-electron chi connectivity index (χ2n) is 10.2. The van der Waals surface area contributed by atoms with Crippen LogP contribution in [0.25, 0.3) is 11.0 Å². The van der Waals surface area contributed by atoms with Gasteiger partial charge in [0.2, 0.25) is 5.91 Å². The van der Waals surface area contributed by atoms with Crippen LogP contribution in [0, 0.1) is 0 Å². The molecule has 0 aliphatic carbocycles. The summed E-state index contributed by atoms with van der Waals surface area (Å²) >= 11 is 0. The standard InChI is InChI=1S/C32H32N6O5S.CH4/c1-20(2)26-11-4-5-12-27(26)33-19-30(40)34-21-9-8-10-25(17-21)44(41,42)38-32-31(36-28-13-6-7-14-29(28)37-32)35-22-15-23(39)18-24(16-22)43-3;/h4-18,20,33,39H,19H2,1-3H3,(H,34,40)(H,35,36)(H,37,38);1H4. The summed E-state index contributed by atoms with van der Waals surface area (Å²) in [4.78, 5) is 21.7. The number of methoxy groups -OCH3 is 1. The van der Waals surface area contributed by atoms with Crippen LogP contribution in [0.2, 0.25) is 0 Å². The number of hydrogen-bond donors (Lipinski definition) is 5. The number of phenolic OH excluding ortho intramolecular Hbond substituents is 1. The molecule has 234 valence electrons. The Hall–Kier alpha value is -5.36. The van der Waals surface area contributed by atoms with E-state index in [0.29, 0.717) is 28.2 Å². The fourth-order valence-electron chi connectivity index (χ4n) is 4.54. The minimum atomic E-state index is -4.18. The van der Waals surface area contributed by atoms with E-state index >= 15 is 0 Å². The van der Waals surface area contributed by atoms with Gasteiger partial charge >= 0.3 is 0 Å². The summed E-state index contributed by atoms with van der Waals surface area (Å²) in [7, 11) is -2.71. The second-order valence-corrected chi connectivity index (χ2v) is 11.9. The number of amides is 1. The SMILES string of the molecule is C.COc1cc(O)cc(Nc2nc3ccccc3nc2NS(=O)(=O)c2cccc(NC(=O)CNc3ccccc3C(C)C)c2)c1. The van der Waals surface area contributed by atoms with Crippen LogP contribution >= 0.6 is 0 Å². The highest BCUT2D eigenvalue weighted by Gasteiger charge is 2.20. The van der Waals surface area contributed by atoms with Crippen LogP contribution in [0.4, 0.5) is 28.7 Å². The molecule has 0 unspecified atom stereocenters. The van der Waals surface area contributed by atoms with Crippen molar-refractivity contribution in [2.45, 2.75) is 32.1 Å². The minimum absolute atomic E-state index is 0. The molecule has 5 rings (SSSR count). The van der Waals surface area contributed by atoms with E-state index < -0.39 is 10.0 Å². The highest BCUT2D eigenvalue weighted by Crippen LogP contribution is 2.31. The van der Waals surface area contributed by atoms with Gasteiger partial charge in [-0.1, -0.05) is 57.7 Å². The van der Waals surface area contributed by atoms with Gasteiger partial charge in [-0.15, -0.1) is 0 Å². The zero-order valence-corrected chi connectivity index (χ0v) is 25.1. The number of benzene rings is 4. The van der Waals surface area contributed by atoms with E-state index in [4.69, 9.17) is 4.74 Å². The van der Waals surface area contributed by atoms with Crippen LogP contribution < -0.4 is 25.4 Å². The van der Waals surface area contributed by atoms with Crippen LogP contribution in [-0.4, -0.2) is 43.1 Å². The summed E-state index contributed by atoms with van der Waals surface area (Å²) in [5, 5.41) is 19.0. The summed E-state index contributed by atoms with van der Waals surface area (Å²) in [6.07, 6.45) is 0. The van der Waals surface area contributed by atoms with Crippen LogP contribution in [0.5, 0.6) is 11.5 Å². The number of nitrogens with one attached hydrogen (secondary N) is 4. The molecular formula is C33H36N6O5S. The van der Waals surface area contributed by atoms with Gasteiger partial charge in [-0.3, -0.25) is 9.52 Å². The third kappa shape index (κ3) is 7.98. The molecule has 0 aliphatic heterocycles. The first kappa shape index (κ1) is 32.6. The molecule has 0 spiro atoms. The zero-order valence-electron chi connectivity index (χ0n) is 24.3. The fourth-order valence-corrected chi connectivity index (χ4v) is 5.59. The van der Waals surface area contributed by atoms with Gasteiger partial charge in [0.05, 0.1) is 29.6 Å². The lowest BCUT2D eigenvalue weighted by Crippen LogP contribution is -2.22. The van der Waals surface area contributed by atoms with E-state index in [0.717, 1.165) is 11.3 Å². The number of hydrogen-bond acceptors (Lipinski definition) is 9. The van der Waals surface area contributed by atoms with Crippen molar-refractivity contribution in [3.05, 3.63) is 96.6 Å². The zero-order chi connectivity index (χ0) is 31.3. The quantitative estimate of drug-likeness (QED) is 0.107. The summed E-state index contributed by atoms with van der Waals surface area (Å²) in [5.74, 6) is 0.328. The maximum absolute atomic E-state index is 13.6. The molecule has 0 bridgehead atoms. The summed E-state index contributed by atoms with van der Waals surface area (Å²) < 4.78 is 34.9. The molecule has 0 radical (unpaired) electrons. The van der Waals surface area contributed by atoms with E-state index in [1.165, 1.54) is 37.4 Å². The van der Waals surface area contributed by atoms with E-state index in [9.17, 15) is 18.3 Å². The van der Waals surface area contributed by atoms with Crippen molar-refractivity contribution in [1.29, 1.82) is 0 Å². The van der Waals surface area contributed by atoms with Gasteiger partial charge in [0.1, 0.15) is 11.5 Å². The lowest BCUT2D eigenvalue weighted by Gasteiger charge is -2.15. The number of rotatable bonds is 11. The lowest BCUT2D eigenvalue weighted by atomic mass is 10.0. The maximum atomic E-state index is 13.6. The van der Waals surface area contributed by atoms with Gasteiger partial charge in [0.25, 0.3) is 10.0 Å². The number of nitrogens with zero attached hydrogens (tertiary/aromatic N) is 2. The minimum Gasteiger partial charge on any atom is -0.508 e. The van der Waals surface area contributed by atoms with Crippen LogP contribution in [0.15, 0.2) is 95.9 Å². The molecule has 0 saturated carbocycles. The molecule has 0 aliphatic rings. The summed E-state index contributed by atoms with van der Waals surface area (Å²) in [6, 6.07) is 25.2. The topological polar surface area (TPSA) is 155 Å². The molecule has 45 heavy (non-hydrogen) atoms. The molecule has 0 fully saturated rings. The van der Waals surface area contributed by atoms with Crippen LogP contribution in [-0.2, 0) is 14.8 Å². The number of fused-ring (bicyclic) bond motifs is 1. The Balaban J connectivity index is 0.00000461. The highest BCUT2D eigenvalue weighted by atomic mass is 32.2. The fraction of sp³-hybridized carbons (Fsp3) is 0.182. The summed E-state index contributed by atoms with van der Waals surface area (Å²) in [5.41, 5.74) is 3.67. The Morgan fingerprint density at radius 1 is 0.867 bits per heavy atom. The Bertz CT molecular complexity index is 1930. The predicted molar refractivity (Wildman–Crippen MR) is 179 cm³/mol. The van der Waals surface area contributed by atoms with Gasteiger partial charge in [0, 0.05) is 35.3 Å². The Morgan fingerprint density at radius 2 is 1.56 bits per heavy atom. The largest absolute Gasteiger partial charge is 0.508 e. The molecule has 5 N–H and O–H groups in total. The molecule has 0 atom stereocenters. The highest BCUT2D eigenvalue weighted by molar-refractivity contribution is 7.92. The molecule has 5 aromatic rings. The molecule has 1 heterocycles. The van der Waals surface area contributed by atoms with Crippen molar-refractivity contribution < 1.29 is 23.1 Å². The Labute approximate surface area is 262 Å². The number of ether oxygens (including phenoxy) is 1. The number of aromatic hydroxyl groups is 1. The van der Waals surface area contributed by atoms with Crippen molar-refractivity contribution in [3.63, 3.8) is 0 Å². The number of aromatic nitrogens is 2. The molecular weight excluding hydrogens is 592 g/mol. The number of anilines is 5. The first-order valence-electron chi connectivity index (χ1n) is 13.8. The van der Waals surface area contributed by atoms with Gasteiger partial charge in [0.15, 0.2) is 11.6 Å². The monoisotopic (exact) mass is 628 g/mol. The van der Waals surface area contributed by atoms with Crippen LogP contribution in [0.3, 0.4) is 0 Å². The number of carbonyl (C=O) groups excluding carboxylic acids is 1. The number of carbonyl (C=O) groups is 1. The summed E-state index contributed by atoms with van der Waals surface area (Å²) in [6.45, 7) is 4.15. The van der Waals surface area contributed by atoms with Gasteiger partial charge < -0.3 is 25.8 Å². The molecule has 0 saturated heterocycles.